The van der Waals surface area contributed by atoms with Crippen LogP contribution in [0.3, 0.4) is 0 Å². The molecule has 0 aliphatic rings. The summed E-state index contributed by atoms with van der Waals surface area (Å²) in [7, 11) is 3.58. The van der Waals surface area contributed by atoms with E-state index in [2.05, 4.69) is 5.10 Å². The van der Waals surface area contributed by atoms with Crippen LogP contribution in [0.4, 0.5) is 5.69 Å². The van der Waals surface area contributed by atoms with E-state index in [-0.39, 0.29) is 0 Å². The molecule has 0 amide bonds. The SMILES string of the molecule is COc1c(C)cccc1N=C(c1ccccc1)c1cnn(C)c1. The first-order valence-electron chi connectivity index (χ1n) is 7.46. The zero-order valence-electron chi connectivity index (χ0n) is 13.5. The second kappa shape index (κ2) is 6.48. The zero-order chi connectivity index (χ0) is 16.2. The van der Waals surface area contributed by atoms with Gasteiger partial charge in [-0.15, -0.1) is 0 Å². The molecule has 0 fully saturated rings. The molecular formula is C19H19N3O. The molecule has 0 bridgehead atoms. The number of hydrogen-bond donors (Lipinski definition) is 0. The van der Waals surface area contributed by atoms with Gasteiger partial charge in [-0.25, -0.2) is 4.99 Å². The van der Waals surface area contributed by atoms with Crippen molar-refractivity contribution in [1.29, 1.82) is 0 Å². The van der Waals surface area contributed by atoms with Crippen LogP contribution in [0.15, 0.2) is 65.9 Å². The molecule has 0 saturated heterocycles. The Morgan fingerprint density at radius 3 is 2.48 bits per heavy atom. The zero-order valence-corrected chi connectivity index (χ0v) is 13.5. The molecular weight excluding hydrogens is 286 g/mol. The summed E-state index contributed by atoms with van der Waals surface area (Å²) in [5.41, 5.74) is 4.77. The van der Waals surface area contributed by atoms with Gasteiger partial charge < -0.3 is 4.74 Å². The standard InChI is InChI=1S/C19H19N3O/c1-14-8-7-11-17(19(14)23-3)21-18(15-9-5-4-6-10-15)16-12-20-22(2)13-16/h4-13H,1-3H3. The van der Waals surface area contributed by atoms with Crippen molar-refractivity contribution in [3.8, 4) is 5.75 Å². The lowest BCUT2D eigenvalue weighted by Crippen LogP contribution is -2.02. The smallest absolute Gasteiger partial charge is 0.147 e. The van der Waals surface area contributed by atoms with E-state index in [0.29, 0.717) is 0 Å². The number of aromatic nitrogens is 2. The lowest BCUT2D eigenvalue weighted by Gasteiger charge is -2.10. The molecule has 4 nitrogen and oxygen atoms in total. The van der Waals surface area contributed by atoms with Crippen LogP contribution in [0.25, 0.3) is 0 Å². The van der Waals surface area contributed by atoms with Gasteiger partial charge in [0.1, 0.15) is 11.4 Å². The molecule has 0 unspecified atom stereocenters. The van der Waals surface area contributed by atoms with Gasteiger partial charge in [-0.05, 0) is 18.6 Å². The van der Waals surface area contributed by atoms with Gasteiger partial charge in [0.15, 0.2) is 0 Å². The number of aryl methyl sites for hydroxylation is 2. The monoisotopic (exact) mass is 305 g/mol. The summed E-state index contributed by atoms with van der Waals surface area (Å²) in [6.07, 6.45) is 3.79. The summed E-state index contributed by atoms with van der Waals surface area (Å²) < 4.78 is 7.31. The number of aliphatic imine (C=N–C) groups is 1. The lowest BCUT2D eigenvalue weighted by molar-refractivity contribution is 0.413. The fourth-order valence-corrected chi connectivity index (χ4v) is 2.55. The number of ether oxygens (including phenoxy) is 1. The molecule has 0 radical (unpaired) electrons. The Bertz CT molecular complexity index is 835. The maximum atomic E-state index is 5.53. The van der Waals surface area contributed by atoms with Gasteiger partial charge in [-0.3, -0.25) is 4.68 Å². The molecule has 0 N–H and O–H groups in total. The molecule has 0 atom stereocenters. The van der Waals surface area contributed by atoms with Crippen LogP contribution in [0, 0.1) is 6.92 Å². The fourth-order valence-electron chi connectivity index (χ4n) is 2.55. The third kappa shape index (κ3) is 3.16. The van der Waals surface area contributed by atoms with E-state index < -0.39 is 0 Å². The predicted octanol–water partition coefficient (Wildman–Crippen LogP) is 3.91. The lowest BCUT2D eigenvalue weighted by atomic mass is 10.1. The number of para-hydroxylation sites is 1. The number of nitrogens with zero attached hydrogens (tertiary/aromatic N) is 3. The topological polar surface area (TPSA) is 39.4 Å². The van der Waals surface area contributed by atoms with E-state index in [1.54, 1.807) is 11.8 Å². The van der Waals surface area contributed by atoms with Crippen molar-refractivity contribution in [3.05, 3.63) is 77.6 Å². The maximum Gasteiger partial charge on any atom is 0.147 e. The summed E-state index contributed by atoms with van der Waals surface area (Å²) in [6, 6.07) is 16.1. The van der Waals surface area contributed by atoms with Crippen molar-refractivity contribution in [2.24, 2.45) is 12.0 Å². The van der Waals surface area contributed by atoms with Crippen molar-refractivity contribution >= 4 is 11.4 Å². The van der Waals surface area contributed by atoms with Crippen LogP contribution in [-0.2, 0) is 7.05 Å². The number of benzene rings is 2. The largest absolute Gasteiger partial charge is 0.494 e. The minimum Gasteiger partial charge on any atom is -0.494 e. The molecule has 1 aromatic heterocycles. The molecule has 0 aliphatic carbocycles. The Balaban J connectivity index is 2.18. The van der Waals surface area contributed by atoms with Crippen LogP contribution < -0.4 is 4.74 Å². The second-order valence-electron chi connectivity index (χ2n) is 5.36. The van der Waals surface area contributed by atoms with Crippen LogP contribution in [0.5, 0.6) is 5.75 Å². The third-order valence-corrected chi connectivity index (χ3v) is 3.65. The molecule has 0 spiro atoms. The highest BCUT2D eigenvalue weighted by Gasteiger charge is 2.12. The average Bonchev–Trinajstić information content (AvgIpc) is 2.99. The van der Waals surface area contributed by atoms with Crippen molar-refractivity contribution in [1.82, 2.24) is 9.78 Å². The van der Waals surface area contributed by atoms with Crippen molar-refractivity contribution in [2.75, 3.05) is 7.11 Å². The molecule has 1 heterocycles. The Labute approximate surface area is 136 Å². The van der Waals surface area contributed by atoms with Crippen LogP contribution in [0.2, 0.25) is 0 Å². The molecule has 4 heteroatoms. The van der Waals surface area contributed by atoms with E-state index >= 15 is 0 Å². The number of rotatable bonds is 4. The first-order chi connectivity index (χ1) is 11.2. The van der Waals surface area contributed by atoms with Gasteiger partial charge >= 0.3 is 0 Å². The van der Waals surface area contributed by atoms with Gasteiger partial charge in [0, 0.05) is 24.4 Å². The minimum absolute atomic E-state index is 0.796. The van der Waals surface area contributed by atoms with Gasteiger partial charge in [0.05, 0.1) is 19.0 Å². The van der Waals surface area contributed by atoms with Gasteiger partial charge in [0.25, 0.3) is 0 Å². The second-order valence-corrected chi connectivity index (χ2v) is 5.36. The highest BCUT2D eigenvalue weighted by molar-refractivity contribution is 6.13. The summed E-state index contributed by atoms with van der Waals surface area (Å²) in [4.78, 5) is 4.88. The molecule has 23 heavy (non-hydrogen) atoms. The van der Waals surface area contributed by atoms with E-state index in [1.165, 1.54) is 0 Å². The molecule has 0 aliphatic heterocycles. The first-order valence-corrected chi connectivity index (χ1v) is 7.46. The van der Waals surface area contributed by atoms with Gasteiger partial charge in [-0.2, -0.15) is 5.10 Å². The van der Waals surface area contributed by atoms with Crippen LogP contribution in [0.1, 0.15) is 16.7 Å². The van der Waals surface area contributed by atoms with Crippen molar-refractivity contribution < 1.29 is 4.74 Å². The maximum absolute atomic E-state index is 5.53. The summed E-state index contributed by atoms with van der Waals surface area (Å²) in [5.74, 6) is 0.796. The van der Waals surface area contributed by atoms with Crippen molar-refractivity contribution in [3.63, 3.8) is 0 Å². The fraction of sp³-hybridized carbons (Fsp3) is 0.158. The predicted molar refractivity (Wildman–Crippen MR) is 92.7 cm³/mol. The summed E-state index contributed by atoms with van der Waals surface area (Å²) in [6.45, 7) is 2.02. The van der Waals surface area contributed by atoms with Crippen LogP contribution in [-0.4, -0.2) is 22.6 Å². The normalized spacial score (nSPS) is 11.5. The van der Waals surface area contributed by atoms with E-state index in [0.717, 1.165) is 33.8 Å². The van der Waals surface area contributed by atoms with E-state index in [4.69, 9.17) is 9.73 Å². The highest BCUT2D eigenvalue weighted by Crippen LogP contribution is 2.31. The van der Waals surface area contributed by atoms with Gasteiger partial charge in [-0.1, -0.05) is 42.5 Å². The summed E-state index contributed by atoms with van der Waals surface area (Å²) in [5, 5.41) is 4.27. The Hall–Kier alpha value is -2.88. The molecule has 0 saturated carbocycles. The third-order valence-electron chi connectivity index (χ3n) is 3.65. The molecule has 3 rings (SSSR count). The average molecular weight is 305 g/mol. The first kappa shape index (κ1) is 15.0. The number of hydrogen-bond acceptors (Lipinski definition) is 3. The molecule has 3 aromatic rings. The summed E-state index contributed by atoms with van der Waals surface area (Å²) >= 11 is 0. The Morgan fingerprint density at radius 2 is 1.83 bits per heavy atom. The quantitative estimate of drug-likeness (QED) is 0.686. The van der Waals surface area contributed by atoms with Gasteiger partial charge in [0.2, 0.25) is 0 Å². The number of methoxy groups -OCH3 is 1. The van der Waals surface area contributed by atoms with Crippen molar-refractivity contribution in [2.45, 2.75) is 6.92 Å². The Kier molecular flexibility index (Phi) is 4.24. The van der Waals surface area contributed by atoms with E-state index in [9.17, 15) is 0 Å². The van der Waals surface area contributed by atoms with Crippen LogP contribution >= 0.6 is 0 Å². The highest BCUT2D eigenvalue weighted by atomic mass is 16.5. The minimum atomic E-state index is 0.796. The van der Waals surface area contributed by atoms with E-state index in [1.807, 2.05) is 74.9 Å². The molecule has 116 valence electrons. The molecule has 2 aromatic carbocycles. The Morgan fingerprint density at radius 1 is 1.04 bits per heavy atom.